The van der Waals surface area contributed by atoms with E-state index in [0.717, 1.165) is 0 Å². The molecule has 0 heterocycles. The fraction of sp³-hybridized carbons (Fsp3) is 1.00. The zero-order valence-corrected chi connectivity index (χ0v) is 28.4. The third-order valence-electron chi connectivity index (χ3n) is 2.21. The molecule has 23 heavy (non-hydrogen) atoms. The largest absolute Gasteiger partial charge is 0.412 e. The third-order valence-corrected chi connectivity index (χ3v) is 10.7. The van der Waals surface area contributed by atoms with Gasteiger partial charge in [0.15, 0.2) is -1.13 Å². The van der Waals surface area contributed by atoms with Crippen LogP contribution in [-0.2, 0) is 0 Å². The van der Waals surface area contributed by atoms with Crippen molar-refractivity contribution in [2.45, 2.75) is 31.5 Å². The Bertz CT molecular complexity index is 302. The molecule has 144 valence electrons. The van der Waals surface area contributed by atoms with Crippen molar-refractivity contribution in [1.82, 2.24) is 0 Å². The highest BCUT2D eigenvalue weighted by Gasteiger charge is 2.55. The lowest BCUT2D eigenvalue weighted by Crippen LogP contribution is -2.49. The number of rotatable bonds is 2. The molecule has 15 heteroatoms. The summed E-state index contributed by atoms with van der Waals surface area (Å²) < 4.78 is -4.44. The Morgan fingerprint density at radius 2 is 0.696 bits per heavy atom. The van der Waals surface area contributed by atoms with Gasteiger partial charge in [-0.15, -0.1) is 0 Å². The van der Waals surface area contributed by atoms with Crippen molar-refractivity contribution in [2.24, 2.45) is 0 Å². The predicted molar refractivity (Wildman–Crippen MR) is 155 cm³/mol. The summed E-state index contributed by atoms with van der Waals surface area (Å²) in [6.07, 6.45) is 0. The molecule has 0 rings (SSSR count). The molecule has 0 saturated heterocycles. The standard InChI is InChI=1S/2C4H4Cl3I3O.H2O/c2*1-2(11,3(5,6)7)4(8,9)10;/h2*11H,1H3;1H2. The highest BCUT2D eigenvalue weighted by molar-refractivity contribution is 14.3. The predicted octanol–water partition coefficient (Wildman–Crippen LogP) is 7.31. The Labute approximate surface area is 247 Å². The van der Waals surface area contributed by atoms with Crippen LogP contribution in [0.15, 0.2) is 0 Å². The van der Waals surface area contributed by atoms with Gasteiger partial charge >= 0.3 is 0 Å². The summed E-state index contributed by atoms with van der Waals surface area (Å²) in [5.74, 6) is 0. The Balaban J connectivity index is -0.000000333. The fourth-order valence-corrected chi connectivity index (χ4v) is 6.47. The maximum absolute atomic E-state index is 9.77. The van der Waals surface area contributed by atoms with E-state index in [1.807, 2.05) is 136 Å². The molecule has 0 saturated carbocycles. The summed E-state index contributed by atoms with van der Waals surface area (Å²) in [7, 11) is 0. The SMILES string of the molecule is CC(O)(C(Cl)(Cl)Cl)C(I)(I)I.CC(O)(C(Cl)(Cl)Cl)C(I)(I)I.O. The van der Waals surface area contributed by atoms with E-state index in [1.54, 1.807) is 0 Å². The quantitative estimate of drug-likeness (QED) is 0.225. The van der Waals surface area contributed by atoms with Crippen LogP contribution < -0.4 is 0 Å². The second-order valence-corrected chi connectivity index (χ2v) is 30.8. The van der Waals surface area contributed by atoms with Gasteiger partial charge in [-0.3, -0.25) is 0 Å². The smallest absolute Gasteiger partial charge is 0.221 e. The van der Waals surface area contributed by atoms with E-state index in [0.29, 0.717) is 0 Å². The zero-order valence-electron chi connectivity index (χ0n) is 10.9. The van der Waals surface area contributed by atoms with Crippen molar-refractivity contribution in [2.75, 3.05) is 0 Å². The molecule has 0 aliphatic carbocycles. The maximum Gasteiger partial charge on any atom is 0.221 e. The van der Waals surface area contributed by atoms with Crippen molar-refractivity contribution < 1.29 is 15.7 Å². The van der Waals surface area contributed by atoms with Crippen LogP contribution in [0.25, 0.3) is 0 Å². The number of aliphatic hydroxyl groups is 2. The number of hydrogen-bond donors (Lipinski definition) is 2. The van der Waals surface area contributed by atoms with E-state index in [-0.39, 0.29) is 5.48 Å². The summed E-state index contributed by atoms with van der Waals surface area (Å²) >= 11 is 45.5. The molecular weight excluding hydrogens is 1120 g/mol. The van der Waals surface area contributed by atoms with E-state index < -0.39 is 17.7 Å². The molecule has 0 aromatic rings. The Kier molecular flexibility index (Phi) is 16.9. The number of halogens is 12. The molecule has 2 atom stereocenters. The first-order valence-corrected chi connectivity index (χ1v) is 13.5. The molecular formula is C8H10Cl6I6O3. The minimum absolute atomic E-state index is 0. The summed E-state index contributed by atoms with van der Waals surface area (Å²) in [6, 6.07) is 0. The second kappa shape index (κ2) is 11.6. The normalized spacial score (nSPS) is 18.8. The molecule has 2 unspecified atom stereocenters. The van der Waals surface area contributed by atoms with E-state index in [2.05, 4.69) is 0 Å². The second-order valence-electron chi connectivity index (χ2n) is 4.14. The van der Waals surface area contributed by atoms with Crippen LogP contribution in [0.1, 0.15) is 13.8 Å². The minimum Gasteiger partial charge on any atom is -0.412 e. The van der Waals surface area contributed by atoms with Gasteiger partial charge in [0.2, 0.25) is 7.59 Å². The average molecular weight is 1130 g/mol. The van der Waals surface area contributed by atoms with E-state index >= 15 is 0 Å². The van der Waals surface area contributed by atoms with Gasteiger partial charge in [0.25, 0.3) is 0 Å². The lowest BCUT2D eigenvalue weighted by atomic mass is 10.2. The van der Waals surface area contributed by atoms with Gasteiger partial charge < -0.3 is 15.7 Å². The first-order chi connectivity index (χ1) is 9.00. The topological polar surface area (TPSA) is 72.0 Å². The Hall–Kier alpha value is 6.00. The van der Waals surface area contributed by atoms with Crippen molar-refractivity contribution in [3.63, 3.8) is 0 Å². The first-order valence-electron chi connectivity index (χ1n) is 4.72. The van der Waals surface area contributed by atoms with E-state index in [4.69, 9.17) is 69.6 Å². The molecule has 0 spiro atoms. The van der Waals surface area contributed by atoms with Crippen LogP contribution in [-0.4, -0.2) is 33.3 Å². The van der Waals surface area contributed by atoms with Gasteiger partial charge in [-0.05, 0) is 13.8 Å². The monoisotopic (exact) mass is 1130 g/mol. The Morgan fingerprint density at radius 1 is 0.565 bits per heavy atom. The van der Waals surface area contributed by atoms with Crippen LogP contribution >= 0.6 is 205 Å². The van der Waals surface area contributed by atoms with Gasteiger partial charge in [-0.25, -0.2) is 0 Å². The molecule has 4 N–H and O–H groups in total. The summed E-state index contributed by atoms with van der Waals surface area (Å²) in [5, 5.41) is 19.5. The summed E-state index contributed by atoms with van der Waals surface area (Å²) in [5.41, 5.74) is -2.74. The zero-order chi connectivity index (χ0) is 19.0. The third kappa shape index (κ3) is 10.7. The molecule has 3 nitrogen and oxygen atoms in total. The van der Waals surface area contributed by atoms with Gasteiger partial charge in [0, 0.05) is 0 Å². The van der Waals surface area contributed by atoms with Crippen molar-refractivity contribution in [1.29, 1.82) is 0 Å². The molecule has 0 bridgehead atoms. The van der Waals surface area contributed by atoms with Gasteiger partial charge in [-0.1, -0.05) is 205 Å². The van der Waals surface area contributed by atoms with Gasteiger partial charge in [0.1, 0.15) is 11.2 Å². The van der Waals surface area contributed by atoms with Crippen LogP contribution in [0.2, 0.25) is 0 Å². The molecule has 0 aromatic carbocycles. The van der Waals surface area contributed by atoms with Crippen molar-refractivity contribution in [3.8, 4) is 0 Å². The molecule has 0 aliphatic heterocycles. The van der Waals surface area contributed by atoms with Gasteiger partial charge in [-0.2, -0.15) is 0 Å². The summed E-state index contributed by atoms with van der Waals surface area (Å²) in [4.78, 5) is 0. The minimum atomic E-state index is -1.67. The number of hydrogen-bond acceptors (Lipinski definition) is 2. The molecule has 0 fully saturated rings. The van der Waals surface area contributed by atoms with Crippen molar-refractivity contribution in [3.05, 3.63) is 0 Å². The molecule has 0 aromatic heterocycles. The van der Waals surface area contributed by atoms with Crippen LogP contribution in [0, 0.1) is 0 Å². The average Bonchev–Trinajstić information content (AvgIpc) is 2.10. The lowest BCUT2D eigenvalue weighted by molar-refractivity contribution is 0.0848. The molecule has 0 aliphatic rings. The first kappa shape index (κ1) is 33.6. The Morgan fingerprint density at radius 3 is 0.696 bits per heavy atom. The molecule has 0 amide bonds. The maximum atomic E-state index is 9.77. The fourth-order valence-electron chi connectivity index (χ4n) is 0.321. The van der Waals surface area contributed by atoms with Crippen molar-refractivity contribution >= 4 is 205 Å². The van der Waals surface area contributed by atoms with Crippen LogP contribution in [0.5, 0.6) is 0 Å². The number of alkyl halides is 12. The molecule has 0 radical (unpaired) electrons. The van der Waals surface area contributed by atoms with Gasteiger partial charge in [0.05, 0.1) is 0 Å². The highest BCUT2D eigenvalue weighted by atomic mass is 127. The highest BCUT2D eigenvalue weighted by Crippen LogP contribution is 2.55. The summed E-state index contributed by atoms with van der Waals surface area (Å²) in [6.45, 7) is 2.98. The lowest BCUT2D eigenvalue weighted by Gasteiger charge is -2.37. The van der Waals surface area contributed by atoms with E-state index in [9.17, 15) is 10.2 Å². The van der Waals surface area contributed by atoms with E-state index in [1.165, 1.54) is 13.8 Å². The van der Waals surface area contributed by atoms with Crippen LogP contribution in [0.4, 0.5) is 0 Å². The van der Waals surface area contributed by atoms with Crippen LogP contribution in [0.3, 0.4) is 0 Å².